The zero-order valence-corrected chi connectivity index (χ0v) is 11.8. The van der Waals surface area contributed by atoms with E-state index in [0.717, 1.165) is 24.1 Å². The fraction of sp³-hybridized carbons (Fsp3) is 0.467. The summed E-state index contributed by atoms with van der Waals surface area (Å²) in [4.78, 5) is 28.3. The summed E-state index contributed by atoms with van der Waals surface area (Å²) in [5.41, 5.74) is 0.358. The van der Waals surface area contributed by atoms with Gasteiger partial charge in [0.05, 0.1) is 11.2 Å². The Kier molecular flexibility index (Phi) is 2.53. The number of hydrogen-bond donors (Lipinski definition) is 0. The number of carbonyl (C=O) groups is 1. The number of anilines is 1. The number of carbonyl (C=O) groups excluding carboxylic acids is 2. The molecule has 0 atom stereocenters. The van der Waals surface area contributed by atoms with Crippen molar-refractivity contribution in [1.29, 1.82) is 0 Å². The Morgan fingerprint density at radius 1 is 1.35 bits per heavy atom. The van der Waals surface area contributed by atoms with E-state index in [9.17, 15) is 9.59 Å². The molecule has 0 unspecified atom stereocenters. The van der Waals surface area contributed by atoms with Crippen LogP contribution in [0.4, 0.5) is 5.69 Å². The predicted molar refractivity (Wildman–Crippen MR) is 73.6 cm³/mol. The topological polar surface area (TPSA) is 59.0 Å². The molecule has 1 heterocycles. The summed E-state index contributed by atoms with van der Waals surface area (Å²) in [6.07, 6.45) is 3.32. The van der Waals surface area contributed by atoms with Gasteiger partial charge in [0.15, 0.2) is 5.60 Å². The molecule has 1 aliphatic carbocycles. The highest BCUT2D eigenvalue weighted by molar-refractivity contribution is 6.02. The molecule has 1 saturated carbocycles. The van der Waals surface area contributed by atoms with Crippen LogP contribution in [0.1, 0.15) is 32.3 Å². The average molecular weight is 272 g/mol. The number of amides is 1. The van der Waals surface area contributed by atoms with Gasteiger partial charge in [-0.2, -0.15) is 4.99 Å². The molecule has 5 nitrogen and oxygen atoms in total. The van der Waals surface area contributed by atoms with Gasteiger partial charge in [-0.1, -0.05) is 6.07 Å². The summed E-state index contributed by atoms with van der Waals surface area (Å²) in [5, 5.41) is 0. The summed E-state index contributed by atoms with van der Waals surface area (Å²) in [7, 11) is 1.73. The number of ether oxygens (including phenoxy) is 1. The zero-order valence-electron chi connectivity index (χ0n) is 11.8. The minimum Gasteiger partial charge on any atom is -0.476 e. The molecule has 0 aromatic heterocycles. The van der Waals surface area contributed by atoms with E-state index in [1.165, 1.54) is 0 Å². The SMILES string of the molecule is CN1C(=O)C(C)(C)Oc2ccc(C3(N=C=O)CC3)cc21. The number of aliphatic imine (C=N–C) groups is 1. The molecule has 1 fully saturated rings. The van der Waals surface area contributed by atoms with Gasteiger partial charge in [-0.3, -0.25) is 4.79 Å². The Labute approximate surface area is 117 Å². The van der Waals surface area contributed by atoms with Crippen LogP contribution in [0.3, 0.4) is 0 Å². The molecule has 0 radical (unpaired) electrons. The smallest absolute Gasteiger partial charge is 0.270 e. The first kappa shape index (κ1) is 12.9. The van der Waals surface area contributed by atoms with Crippen molar-refractivity contribution in [2.24, 2.45) is 4.99 Å². The molecular weight excluding hydrogens is 256 g/mol. The van der Waals surface area contributed by atoms with Gasteiger partial charge in [0, 0.05) is 7.05 Å². The zero-order chi connectivity index (χ0) is 14.5. The number of benzene rings is 1. The third-order valence-corrected chi connectivity index (χ3v) is 4.03. The molecule has 3 rings (SSSR count). The summed E-state index contributed by atoms with van der Waals surface area (Å²) in [6, 6.07) is 5.64. The van der Waals surface area contributed by atoms with Crippen molar-refractivity contribution in [2.45, 2.75) is 37.8 Å². The van der Waals surface area contributed by atoms with Gasteiger partial charge in [0.2, 0.25) is 6.08 Å². The van der Waals surface area contributed by atoms with Crippen LogP contribution >= 0.6 is 0 Å². The Bertz CT molecular complexity index is 641. The van der Waals surface area contributed by atoms with E-state index in [1.807, 2.05) is 18.2 Å². The Hall–Kier alpha value is -2.13. The quantitative estimate of drug-likeness (QED) is 0.612. The standard InChI is InChI=1S/C15H16N2O3/c1-14(2)13(19)17(3)11-8-10(4-5-12(11)20-14)15(6-7-15)16-9-18/h4-5,8H,6-7H2,1-3H3. The van der Waals surface area contributed by atoms with Gasteiger partial charge in [-0.15, -0.1) is 0 Å². The van der Waals surface area contributed by atoms with Gasteiger partial charge in [-0.25, -0.2) is 4.79 Å². The number of likely N-dealkylation sites (N-methyl/N-ethyl adjacent to an activating group) is 1. The predicted octanol–water partition coefficient (Wildman–Crippen LogP) is 2.15. The van der Waals surface area contributed by atoms with Crippen molar-refractivity contribution in [2.75, 3.05) is 11.9 Å². The van der Waals surface area contributed by atoms with E-state index >= 15 is 0 Å². The highest BCUT2D eigenvalue weighted by atomic mass is 16.5. The lowest BCUT2D eigenvalue weighted by molar-refractivity contribution is -0.132. The fourth-order valence-corrected chi connectivity index (χ4v) is 2.66. The maximum atomic E-state index is 12.2. The van der Waals surface area contributed by atoms with Gasteiger partial charge in [0.1, 0.15) is 5.75 Å². The van der Waals surface area contributed by atoms with Crippen LogP contribution in [0.5, 0.6) is 5.75 Å². The van der Waals surface area contributed by atoms with Gasteiger partial charge >= 0.3 is 0 Å². The van der Waals surface area contributed by atoms with Crippen LogP contribution in [0.2, 0.25) is 0 Å². The first-order chi connectivity index (χ1) is 9.39. The van der Waals surface area contributed by atoms with E-state index in [2.05, 4.69) is 4.99 Å². The number of nitrogens with zero attached hydrogens (tertiary/aromatic N) is 2. The summed E-state index contributed by atoms with van der Waals surface area (Å²) >= 11 is 0. The molecule has 5 heteroatoms. The molecule has 2 aliphatic rings. The minimum absolute atomic E-state index is 0.0918. The fourth-order valence-electron chi connectivity index (χ4n) is 2.66. The molecule has 0 N–H and O–H groups in total. The van der Waals surface area contributed by atoms with Gasteiger partial charge < -0.3 is 9.64 Å². The Balaban J connectivity index is 2.07. The van der Waals surface area contributed by atoms with Crippen molar-refractivity contribution < 1.29 is 14.3 Å². The second-order valence-electron chi connectivity index (χ2n) is 5.89. The van der Waals surface area contributed by atoms with Gasteiger partial charge in [0.25, 0.3) is 5.91 Å². The summed E-state index contributed by atoms with van der Waals surface area (Å²) in [5.74, 6) is 0.581. The van der Waals surface area contributed by atoms with E-state index in [1.54, 1.807) is 31.9 Å². The number of fused-ring (bicyclic) bond motifs is 1. The van der Waals surface area contributed by atoms with Crippen LogP contribution in [-0.4, -0.2) is 24.6 Å². The van der Waals surface area contributed by atoms with Crippen LogP contribution < -0.4 is 9.64 Å². The largest absolute Gasteiger partial charge is 0.476 e. The van der Waals surface area contributed by atoms with Crippen LogP contribution in [-0.2, 0) is 15.1 Å². The number of isocyanates is 1. The minimum atomic E-state index is -0.860. The molecule has 1 amide bonds. The van der Waals surface area contributed by atoms with E-state index in [-0.39, 0.29) is 5.91 Å². The molecule has 1 aliphatic heterocycles. The van der Waals surface area contributed by atoms with Crippen LogP contribution in [0, 0.1) is 0 Å². The maximum absolute atomic E-state index is 12.2. The molecule has 20 heavy (non-hydrogen) atoms. The molecule has 0 saturated heterocycles. The van der Waals surface area contributed by atoms with Crippen molar-refractivity contribution >= 4 is 17.7 Å². The lowest BCUT2D eigenvalue weighted by atomic mass is 10.00. The third-order valence-electron chi connectivity index (χ3n) is 4.03. The molecule has 0 bridgehead atoms. The molecule has 104 valence electrons. The lowest BCUT2D eigenvalue weighted by Crippen LogP contribution is -2.50. The average Bonchev–Trinajstić information content (AvgIpc) is 3.17. The van der Waals surface area contributed by atoms with Crippen LogP contribution in [0.25, 0.3) is 0 Å². The first-order valence-electron chi connectivity index (χ1n) is 6.60. The highest BCUT2D eigenvalue weighted by Gasteiger charge is 2.46. The molecule has 0 spiro atoms. The Morgan fingerprint density at radius 3 is 2.65 bits per heavy atom. The van der Waals surface area contributed by atoms with E-state index in [0.29, 0.717) is 5.75 Å². The van der Waals surface area contributed by atoms with Crippen LogP contribution in [0.15, 0.2) is 23.2 Å². The molecule has 1 aromatic carbocycles. The summed E-state index contributed by atoms with van der Waals surface area (Å²) in [6.45, 7) is 3.50. The van der Waals surface area contributed by atoms with E-state index in [4.69, 9.17) is 4.74 Å². The number of hydrogen-bond acceptors (Lipinski definition) is 4. The molecule has 1 aromatic rings. The monoisotopic (exact) mass is 272 g/mol. The Morgan fingerprint density at radius 2 is 2.05 bits per heavy atom. The van der Waals surface area contributed by atoms with E-state index < -0.39 is 11.1 Å². The number of rotatable bonds is 2. The summed E-state index contributed by atoms with van der Waals surface area (Å²) < 4.78 is 5.75. The third kappa shape index (κ3) is 1.74. The molecular formula is C15H16N2O3. The lowest BCUT2D eigenvalue weighted by Gasteiger charge is -2.37. The van der Waals surface area contributed by atoms with Crippen molar-refractivity contribution in [3.63, 3.8) is 0 Å². The van der Waals surface area contributed by atoms with Gasteiger partial charge in [-0.05, 0) is 44.4 Å². The second kappa shape index (κ2) is 3.93. The normalized spacial score (nSPS) is 21.6. The maximum Gasteiger partial charge on any atom is 0.270 e. The second-order valence-corrected chi connectivity index (χ2v) is 5.89. The van der Waals surface area contributed by atoms with Crippen molar-refractivity contribution in [1.82, 2.24) is 0 Å². The van der Waals surface area contributed by atoms with Crippen molar-refractivity contribution in [3.8, 4) is 5.75 Å². The first-order valence-corrected chi connectivity index (χ1v) is 6.60. The highest BCUT2D eigenvalue weighted by Crippen LogP contribution is 2.51. The van der Waals surface area contributed by atoms with Crippen molar-refractivity contribution in [3.05, 3.63) is 23.8 Å².